The Morgan fingerprint density at radius 3 is 2.72 bits per heavy atom. The quantitative estimate of drug-likeness (QED) is 0.587. The van der Waals surface area contributed by atoms with Crippen molar-refractivity contribution in [3.63, 3.8) is 0 Å². The van der Waals surface area contributed by atoms with Crippen molar-refractivity contribution in [3.05, 3.63) is 24.4 Å². The highest BCUT2D eigenvalue weighted by Crippen LogP contribution is 2.14. The molecule has 160 valence electrons. The first-order valence-electron chi connectivity index (χ1n) is 10.3. The monoisotopic (exact) mass is 404 g/mol. The third kappa shape index (κ3) is 9.04. The second-order valence-corrected chi connectivity index (χ2v) is 7.70. The summed E-state index contributed by atoms with van der Waals surface area (Å²) in [7, 11) is 0. The molecule has 2 rings (SSSR count). The molecular weight excluding hydrogens is 372 g/mol. The van der Waals surface area contributed by atoms with Gasteiger partial charge in [-0.2, -0.15) is 0 Å². The molecule has 2 heterocycles. The number of anilines is 1. The van der Waals surface area contributed by atoms with Crippen LogP contribution in [-0.4, -0.2) is 60.0 Å². The summed E-state index contributed by atoms with van der Waals surface area (Å²) in [5, 5.41) is 5.52. The highest BCUT2D eigenvalue weighted by Gasteiger charge is 2.24. The van der Waals surface area contributed by atoms with Crippen LogP contribution < -0.4 is 10.6 Å². The van der Waals surface area contributed by atoms with Crippen LogP contribution in [0.4, 0.5) is 5.82 Å². The van der Waals surface area contributed by atoms with Crippen LogP contribution in [0.25, 0.3) is 0 Å². The second-order valence-electron chi connectivity index (χ2n) is 7.70. The Kier molecular flexibility index (Phi) is 9.56. The van der Waals surface area contributed by atoms with Crippen molar-refractivity contribution in [2.75, 3.05) is 31.6 Å². The van der Waals surface area contributed by atoms with E-state index in [0.29, 0.717) is 31.4 Å². The number of hydrogen-bond acceptors (Lipinski definition) is 5. The van der Waals surface area contributed by atoms with Gasteiger partial charge >= 0.3 is 0 Å². The first kappa shape index (κ1) is 22.8. The molecule has 1 saturated heterocycles. The molecule has 0 unspecified atom stereocenters. The molecule has 29 heavy (non-hydrogen) atoms. The molecule has 2 N–H and O–H groups in total. The Bertz CT molecular complexity index is 660. The van der Waals surface area contributed by atoms with Gasteiger partial charge in [0.25, 0.3) is 0 Å². The van der Waals surface area contributed by atoms with Crippen LogP contribution in [0.1, 0.15) is 46.0 Å². The molecule has 1 atom stereocenters. The molecule has 0 aliphatic carbocycles. The lowest BCUT2D eigenvalue weighted by atomic mass is 10.1. The Morgan fingerprint density at radius 1 is 1.24 bits per heavy atom. The van der Waals surface area contributed by atoms with Gasteiger partial charge in [-0.05, 0) is 37.3 Å². The van der Waals surface area contributed by atoms with Gasteiger partial charge in [0.15, 0.2) is 0 Å². The van der Waals surface area contributed by atoms with E-state index < -0.39 is 0 Å². The van der Waals surface area contributed by atoms with Crippen LogP contribution in [0.3, 0.4) is 0 Å². The first-order chi connectivity index (χ1) is 13.9. The number of hydrogen-bond donors (Lipinski definition) is 2. The van der Waals surface area contributed by atoms with Crippen molar-refractivity contribution in [2.24, 2.45) is 5.92 Å². The van der Waals surface area contributed by atoms with Gasteiger partial charge in [0.05, 0.1) is 12.6 Å². The summed E-state index contributed by atoms with van der Waals surface area (Å²) in [6.45, 7) is 5.81. The van der Waals surface area contributed by atoms with E-state index in [9.17, 15) is 14.4 Å². The fraction of sp³-hybridized carbons (Fsp3) is 0.619. The molecule has 1 aromatic heterocycles. The van der Waals surface area contributed by atoms with Crippen molar-refractivity contribution in [1.82, 2.24) is 15.2 Å². The largest absolute Gasteiger partial charge is 0.376 e. The van der Waals surface area contributed by atoms with Crippen LogP contribution in [0.15, 0.2) is 24.4 Å². The first-order valence-corrected chi connectivity index (χ1v) is 10.3. The normalized spacial score (nSPS) is 15.9. The van der Waals surface area contributed by atoms with Gasteiger partial charge in [-0.1, -0.05) is 19.9 Å². The number of nitrogens with zero attached hydrogens (tertiary/aromatic N) is 2. The minimum Gasteiger partial charge on any atom is -0.376 e. The topological polar surface area (TPSA) is 101 Å². The van der Waals surface area contributed by atoms with Gasteiger partial charge in [-0.25, -0.2) is 4.98 Å². The minimum atomic E-state index is -0.282. The van der Waals surface area contributed by atoms with Gasteiger partial charge < -0.3 is 20.3 Å². The summed E-state index contributed by atoms with van der Waals surface area (Å²) in [6, 6.07) is 5.22. The standard InChI is InChI=1S/C21H32N4O4/c1-16(2)10-12-23-20(27)15-25(14-17-6-5-13-29-17)21(28)9-8-19(26)24-18-7-3-4-11-22-18/h3-4,7,11,16-17H,5-6,8-10,12-15H2,1-2H3,(H,23,27)(H,22,24,26)/t17-/m1/s1. The van der Waals surface area contributed by atoms with Crippen molar-refractivity contribution in [1.29, 1.82) is 0 Å². The molecule has 8 heteroatoms. The second kappa shape index (κ2) is 12.2. The summed E-state index contributed by atoms with van der Waals surface area (Å²) in [4.78, 5) is 42.6. The lowest BCUT2D eigenvalue weighted by Gasteiger charge is -2.25. The van der Waals surface area contributed by atoms with Gasteiger partial charge in [0.1, 0.15) is 5.82 Å². The van der Waals surface area contributed by atoms with Crippen molar-refractivity contribution >= 4 is 23.5 Å². The Morgan fingerprint density at radius 2 is 2.07 bits per heavy atom. The Labute approximate surface area is 172 Å². The van der Waals surface area contributed by atoms with Crippen LogP contribution >= 0.6 is 0 Å². The summed E-state index contributed by atoms with van der Waals surface area (Å²) < 4.78 is 5.62. The average molecular weight is 405 g/mol. The van der Waals surface area contributed by atoms with Crippen molar-refractivity contribution < 1.29 is 19.1 Å². The van der Waals surface area contributed by atoms with Crippen LogP contribution in [0, 0.1) is 5.92 Å². The van der Waals surface area contributed by atoms with Gasteiger partial charge in [-0.3, -0.25) is 14.4 Å². The predicted molar refractivity (Wildman–Crippen MR) is 110 cm³/mol. The number of carbonyl (C=O) groups is 3. The van der Waals surface area contributed by atoms with E-state index in [1.54, 1.807) is 24.4 Å². The SMILES string of the molecule is CC(C)CCNC(=O)CN(C[C@H]1CCCO1)C(=O)CCC(=O)Nc1ccccn1. The van der Waals surface area contributed by atoms with Crippen molar-refractivity contribution in [3.8, 4) is 0 Å². The summed E-state index contributed by atoms with van der Waals surface area (Å²) in [5.74, 6) is 0.254. The van der Waals surface area contributed by atoms with Crippen LogP contribution in [0.5, 0.6) is 0 Å². The summed E-state index contributed by atoms with van der Waals surface area (Å²) >= 11 is 0. The Balaban J connectivity index is 1.84. The minimum absolute atomic E-state index is 0.0152. The number of pyridine rings is 1. The molecule has 1 aromatic rings. The molecule has 0 saturated carbocycles. The van der Waals surface area contributed by atoms with Crippen molar-refractivity contribution in [2.45, 2.75) is 52.1 Å². The lowest BCUT2D eigenvalue weighted by molar-refractivity contribution is -0.138. The fourth-order valence-corrected chi connectivity index (χ4v) is 3.04. The van der Waals surface area contributed by atoms with E-state index in [4.69, 9.17) is 4.74 Å². The molecule has 1 aliphatic heterocycles. The zero-order chi connectivity index (χ0) is 21.1. The molecule has 3 amide bonds. The molecule has 8 nitrogen and oxygen atoms in total. The van der Waals surface area contributed by atoms with Crippen LogP contribution in [-0.2, 0) is 19.1 Å². The summed E-state index contributed by atoms with van der Waals surface area (Å²) in [6.07, 6.45) is 4.32. The number of aromatic nitrogens is 1. The third-order valence-electron chi connectivity index (χ3n) is 4.68. The smallest absolute Gasteiger partial charge is 0.239 e. The molecule has 1 fully saturated rings. The maximum Gasteiger partial charge on any atom is 0.239 e. The highest BCUT2D eigenvalue weighted by atomic mass is 16.5. The van der Waals surface area contributed by atoms with Gasteiger partial charge in [0, 0.05) is 38.7 Å². The number of ether oxygens (including phenoxy) is 1. The summed E-state index contributed by atoms with van der Waals surface area (Å²) in [5.41, 5.74) is 0. The lowest BCUT2D eigenvalue weighted by Crippen LogP contribution is -2.44. The van der Waals surface area contributed by atoms with Crippen LogP contribution in [0.2, 0.25) is 0 Å². The number of nitrogens with one attached hydrogen (secondary N) is 2. The van der Waals surface area contributed by atoms with E-state index in [2.05, 4.69) is 29.5 Å². The third-order valence-corrected chi connectivity index (χ3v) is 4.68. The molecular formula is C21H32N4O4. The molecule has 0 aromatic carbocycles. The maximum absolute atomic E-state index is 12.7. The van der Waals surface area contributed by atoms with E-state index in [0.717, 1.165) is 19.3 Å². The van der Waals surface area contributed by atoms with E-state index in [1.165, 1.54) is 4.90 Å². The predicted octanol–water partition coefficient (Wildman–Crippen LogP) is 1.97. The van der Waals surface area contributed by atoms with E-state index in [1.807, 2.05) is 0 Å². The van der Waals surface area contributed by atoms with E-state index >= 15 is 0 Å². The van der Waals surface area contributed by atoms with Gasteiger partial charge in [-0.15, -0.1) is 0 Å². The average Bonchev–Trinajstić information content (AvgIpc) is 3.19. The molecule has 0 bridgehead atoms. The number of carbonyl (C=O) groups excluding carboxylic acids is 3. The zero-order valence-corrected chi connectivity index (χ0v) is 17.4. The number of amides is 3. The molecule has 0 spiro atoms. The zero-order valence-electron chi connectivity index (χ0n) is 17.4. The molecule has 1 aliphatic rings. The number of rotatable bonds is 11. The van der Waals surface area contributed by atoms with E-state index in [-0.39, 0.29) is 43.2 Å². The molecule has 0 radical (unpaired) electrons. The fourth-order valence-electron chi connectivity index (χ4n) is 3.04. The Hall–Kier alpha value is -2.48. The van der Waals surface area contributed by atoms with Gasteiger partial charge in [0.2, 0.25) is 17.7 Å². The maximum atomic E-state index is 12.7. The highest BCUT2D eigenvalue weighted by molar-refractivity contribution is 5.93.